The van der Waals surface area contributed by atoms with Crippen LogP contribution in [0.5, 0.6) is 5.75 Å². The van der Waals surface area contributed by atoms with E-state index in [9.17, 15) is 20.1 Å². The van der Waals surface area contributed by atoms with E-state index in [1.54, 1.807) is 0 Å². The number of carbonyl (C=O) groups excluding carboxylic acids is 1. The molecule has 7 heteroatoms. The number of hydrogen-bond donors (Lipinski definition) is 3. The first-order valence-corrected chi connectivity index (χ1v) is 5.68. The summed E-state index contributed by atoms with van der Waals surface area (Å²) in [6, 6.07) is 4.04. The molecule has 0 heterocycles. The minimum Gasteiger partial charge on any atom is -0.507 e. The van der Waals surface area contributed by atoms with Gasteiger partial charge in [-0.3, -0.25) is 4.79 Å². The molecule has 2 atom stereocenters. The van der Waals surface area contributed by atoms with Crippen LogP contribution in [-0.2, 0) is 0 Å². The maximum atomic E-state index is 11.3. The van der Waals surface area contributed by atoms with Gasteiger partial charge >= 0.3 is 0 Å². The molecule has 1 rings (SSSR count). The fourth-order valence-electron chi connectivity index (χ4n) is 1.63. The van der Waals surface area contributed by atoms with Crippen molar-refractivity contribution in [3.05, 3.63) is 39.8 Å². The first-order valence-electron chi connectivity index (χ1n) is 5.68. The van der Waals surface area contributed by atoms with Gasteiger partial charge in [-0.1, -0.05) is 11.2 Å². The molecule has 1 aromatic carbocycles. The van der Waals surface area contributed by atoms with Crippen LogP contribution in [0, 0.1) is 0 Å². The Labute approximate surface area is 109 Å². The number of aliphatic hydroxyl groups excluding tert-OH is 2. The molecule has 0 spiro atoms. The zero-order valence-corrected chi connectivity index (χ0v) is 10.4. The van der Waals surface area contributed by atoms with Crippen LogP contribution in [0.3, 0.4) is 0 Å². The number of hydrogen-bond acceptors (Lipinski definition) is 5. The van der Waals surface area contributed by atoms with Crippen molar-refractivity contribution >= 4 is 5.78 Å². The van der Waals surface area contributed by atoms with Gasteiger partial charge in [-0.05, 0) is 36.6 Å². The Morgan fingerprint density at radius 1 is 1.47 bits per heavy atom. The SMILES string of the molecule is CC(=O)c1cc(C(O)C(O)CCN=[N+]=[N-])ccc1O. The Morgan fingerprint density at radius 3 is 2.74 bits per heavy atom. The van der Waals surface area contributed by atoms with Crippen LogP contribution in [0.15, 0.2) is 23.3 Å². The zero-order valence-electron chi connectivity index (χ0n) is 10.4. The molecule has 0 radical (unpaired) electrons. The molecular weight excluding hydrogens is 250 g/mol. The summed E-state index contributed by atoms with van der Waals surface area (Å²) in [5.74, 6) is -0.512. The Balaban J connectivity index is 2.87. The summed E-state index contributed by atoms with van der Waals surface area (Å²) >= 11 is 0. The number of ketones is 1. The van der Waals surface area contributed by atoms with Crippen LogP contribution >= 0.6 is 0 Å². The zero-order chi connectivity index (χ0) is 14.4. The standard InChI is InChI=1S/C12H15N3O4/c1-7(16)9-6-8(2-3-10(9)17)12(19)11(18)4-5-14-15-13/h2-3,6,11-12,17-19H,4-5H2,1H3. The smallest absolute Gasteiger partial charge is 0.163 e. The molecule has 0 saturated carbocycles. The Kier molecular flexibility index (Phi) is 5.32. The first kappa shape index (κ1) is 15.0. The van der Waals surface area contributed by atoms with Gasteiger partial charge in [0.25, 0.3) is 0 Å². The Bertz CT molecular complexity index is 512. The summed E-state index contributed by atoms with van der Waals surface area (Å²) < 4.78 is 0. The average molecular weight is 265 g/mol. The van der Waals surface area contributed by atoms with Gasteiger partial charge in [0, 0.05) is 11.5 Å². The lowest BCUT2D eigenvalue weighted by Gasteiger charge is -2.18. The van der Waals surface area contributed by atoms with Crippen molar-refractivity contribution in [2.24, 2.45) is 5.11 Å². The van der Waals surface area contributed by atoms with Crippen molar-refractivity contribution in [2.45, 2.75) is 25.6 Å². The normalized spacial score (nSPS) is 13.4. The van der Waals surface area contributed by atoms with Crippen LogP contribution < -0.4 is 0 Å². The lowest BCUT2D eigenvalue weighted by atomic mass is 9.98. The lowest BCUT2D eigenvalue weighted by Crippen LogP contribution is -2.19. The van der Waals surface area contributed by atoms with E-state index in [0.29, 0.717) is 5.56 Å². The second-order valence-electron chi connectivity index (χ2n) is 4.09. The van der Waals surface area contributed by atoms with Crippen LogP contribution in [-0.4, -0.2) is 33.8 Å². The van der Waals surface area contributed by atoms with E-state index in [1.165, 1.54) is 25.1 Å². The van der Waals surface area contributed by atoms with E-state index in [4.69, 9.17) is 5.53 Å². The summed E-state index contributed by atoms with van der Waals surface area (Å²) in [6.07, 6.45) is -2.23. The number of benzene rings is 1. The number of nitrogens with zero attached hydrogens (tertiary/aromatic N) is 3. The fraction of sp³-hybridized carbons (Fsp3) is 0.417. The molecule has 0 fully saturated rings. The third-order valence-corrected chi connectivity index (χ3v) is 2.69. The maximum absolute atomic E-state index is 11.3. The van der Waals surface area contributed by atoms with E-state index >= 15 is 0 Å². The molecule has 0 bridgehead atoms. The number of phenolic OH excluding ortho intramolecular Hbond substituents is 1. The molecule has 3 N–H and O–H groups in total. The summed E-state index contributed by atoms with van der Waals surface area (Å²) in [5, 5.41) is 32.4. The van der Waals surface area contributed by atoms with Gasteiger partial charge in [0.2, 0.25) is 0 Å². The monoisotopic (exact) mass is 265 g/mol. The van der Waals surface area contributed by atoms with Crippen LogP contribution in [0.2, 0.25) is 0 Å². The highest BCUT2D eigenvalue weighted by Gasteiger charge is 2.19. The van der Waals surface area contributed by atoms with E-state index in [1.807, 2.05) is 0 Å². The van der Waals surface area contributed by atoms with E-state index in [-0.39, 0.29) is 30.1 Å². The number of carbonyl (C=O) groups is 1. The molecule has 0 aliphatic carbocycles. The Hall–Kier alpha value is -2.08. The maximum Gasteiger partial charge on any atom is 0.163 e. The van der Waals surface area contributed by atoms with Gasteiger partial charge in [-0.2, -0.15) is 0 Å². The number of aliphatic hydroxyl groups is 2. The molecule has 7 nitrogen and oxygen atoms in total. The first-order chi connectivity index (χ1) is 8.97. The highest BCUT2D eigenvalue weighted by atomic mass is 16.3. The summed E-state index contributed by atoms with van der Waals surface area (Å²) in [5.41, 5.74) is 8.51. The van der Waals surface area contributed by atoms with Gasteiger partial charge in [-0.15, -0.1) is 0 Å². The molecule has 0 aliphatic heterocycles. The minimum atomic E-state index is -1.22. The molecular formula is C12H15N3O4. The van der Waals surface area contributed by atoms with E-state index < -0.39 is 12.2 Å². The van der Waals surface area contributed by atoms with Crippen molar-refractivity contribution in [1.82, 2.24) is 0 Å². The highest BCUT2D eigenvalue weighted by molar-refractivity contribution is 5.96. The molecule has 0 amide bonds. The van der Waals surface area contributed by atoms with Crippen molar-refractivity contribution in [3.8, 4) is 5.75 Å². The largest absolute Gasteiger partial charge is 0.507 e. The molecule has 0 aliphatic rings. The molecule has 0 saturated heterocycles. The molecule has 102 valence electrons. The van der Waals surface area contributed by atoms with Crippen LogP contribution in [0.4, 0.5) is 0 Å². The highest BCUT2D eigenvalue weighted by Crippen LogP contribution is 2.25. The topological polar surface area (TPSA) is 127 Å². The summed E-state index contributed by atoms with van der Waals surface area (Å²) in [6.45, 7) is 1.36. The van der Waals surface area contributed by atoms with Gasteiger partial charge in [0.15, 0.2) is 5.78 Å². The number of azide groups is 1. The number of rotatable bonds is 6. The number of Topliss-reactive ketones (excluding diaryl/α,β-unsaturated/α-hetero) is 1. The van der Waals surface area contributed by atoms with Crippen molar-refractivity contribution < 1.29 is 20.1 Å². The van der Waals surface area contributed by atoms with Crippen molar-refractivity contribution in [3.63, 3.8) is 0 Å². The minimum absolute atomic E-state index is 0.0619. The summed E-state index contributed by atoms with van der Waals surface area (Å²) in [4.78, 5) is 13.8. The van der Waals surface area contributed by atoms with Crippen LogP contribution in [0.25, 0.3) is 10.4 Å². The Morgan fingerprint density at radius 2 is 2.16 bits per heavy atom. The van der Waals surface area contributed by atoms with Crippen LogP contribution in [0.1, 0.15) is 35.4 Å². The second kappa shape index (κ2) is 6.75. The van der Waals surface area contributed by atoms with Crippen molar-refractivity contribution in [2.75, 3.05) is 6.54 Å². The van der Waals surface area contributed by atoms with Crippen molar-refractivity contribution in [1.29, 1.82) is 0 Å². The van der Waals surface area contributed by atoms with Gasteiger partial charge in [0.05, 0.1) is 11.7 Å². The average Bonchev–Trinajstić information content (AvgIpc) is 2.38. The fourth-order valence-corrected chi connectivity index (χ4v) is 1.63. The predicted molar refractivity (Wildman–Crippen MR) is 67.7 cm³/mol. The molecule has 2 unspecified atom stereocenters. The third-order valence-electron chi connectivity index (χ3n) is 2.69. The molecule has 19 heavy (non-hydrogen) atoms. The summed E-state index contributed by atoms with van der Waals surface area (Å²) in [7, 11) is 0. The van der Waals surface area contributed by atoms with E-state index in [2.05, 4.69) is 10.0 Å². The number of phenols is 1. The van der Waals surface area contributed by atoms with Gasteiger partial charge in [0.1, 0.15) is 11.9 Å². The second-order valence-corrected chi connectivity index (χ2v) is 4.09. The van der Waals surface area contributed by atoms with Gasteiger partial charge < -0.3 is 15.3 Å². The third kappa shape index (κ3) is 3.96. The predicted octanol–water partition coefficient (Wildman–Crippen LogP) is 1.69. The number of aromatic hydroxyl groups is 1. The quantitative estimate of drug-likeness (QED) is 0.313. The van der Waals surface area contributed by atoms with E-state index in [0.717, 1.165) is 0 Å². The molecule has 1 aromatic rings. The molecule has 0 aromatic heterocycles. The van der Waals surface area contributed by atoms with Gasteiger partial charge in [-0.25, -0.2) is 0 Å². The lowest BCUT2D eigenvalue weighted by molar-refractivity contribution is 0.0150.